The minimum atomic E-state index is 0.834. The number of hydroxylamine groups is 2. The van der Waals surface area contributed by atoms with E-state index in [-0.39, 0.29) is 0 Å². The highest BCUT2D eigenvalue weighted by atomic mass is 16.5. The van der Waals surface area contributed by atoms with E-state index in [9.17, 15) is 5.21 Å². The lowest BCUT2D eigenvalue weighted by molar-refractivity contribution is -0.0921. The van der Waals surface area contributed by atoms with Crippen LogP contribution < -0.4 is 0 Å². The third kappa shape index (κ3) is 7.82. The summed E-state index contributed by atoms with van der Waals surface area (Å²) in [5, 5.41) is 10.7. The number of unbranched alkanes of at least 4 members (excludes halogenated alkanes) is 3. The minimum absolute atomic E-state index is 0.834. The summed E-state index contributed by atoms with van der Waals surface area (Å²) >= 11 is 0. The second-order valence-corrected chi connectivity index (χ2v) is 3.01. The largest absolute Gasteiger partial charge is 0.314 e. The Morgan fingerprint density at radius 2 is 1.45 bits per heavy atom. The molecule has 0 rings (SSSR count). The molecule has 2 heteroatoms. The first-order valence-corrected chi connectivity index (χ1v) is 4.75. The first kappa shape index (κ1) is 10.9. The van der Waals surface area contributed by atoms with Gasteiger partial charge in [-0.3, -0.25) is 0 Å². The van der Waals surface area contributed by atoms with Crippen molar-refractivity contribution in [2.24, 2.45) is 0 Å². The van der Waals surface area contributed by atoms with E-state index in [0.29, 0.717) is 0 Å². The lowest BCUT2D eigenvalue weighted by Gasteiger charge is -2.12. The van der Waals surface area contributed by atoms with Crippen LogP contribution >= 0.6 is 0 Å². The van der Waals surface area contributed by atoms with Crippen molar-refractivity contribution in [3.8, 4) is 0 Å². The standard InChI is InChI=1S/C9H21NO/c1-3-5-7-9-10(11)8-6-4-2/h11H,3-9H2,1-2H3. The molecule has 0 aromatic carbocycles. The lowest BCUT2D eigenvalue weighted by Crippen LogP contribution is -2.21. The van der Waals surface area contributed by atoms with Crippen molar-refractivity contribution in [3.63, 3.8) is 0 Å². The molecule has 0 heterocycles. The van der Waals surface area contributed by atoms with Crippen molar-refractivity contribution in [3.05, 3.63) is 0 Å². The van der Waals surface area contributed by atoms with Crippen LogP contribution in [0.5, 0.6) is 0 Å². The summed E-state index contributed by atoms with van der Waals surface area (Å²) in [7, 11) is 0. The number of hydrogen-bond donors (Lipinski definition) is 1. The number of hydrogen-bond acceptors (Lipinski definition) is 2. The second kappa shape index (κ2) is 8.02. The van der Waals surface area contributed by atoms with Gasteiger partial charge in [0.25, 0.3) is 0 Å². The first-order chi connectivity index (χ1) is 5.31. The molecule has 0 aromatic rings. The van der Waals surface area contributed by atoms with Gasteiger partial charge in [0.2, 0.25) is 0 Å². The Labute approximate surface area is 70.2 Å². The van der Waals surface area contributed by atoms with Gasteiger partial charge in [-0.15, -0.1) is 0 Å². The highest BCUT2D eigenvalue weighted by Crippen LogP contribution is 1.97. The smallest absolute Gasteiger partial charge is 0.0238 e. The van der Waals surface area contributed by atoms with Crippen LogP contribution in [0.1, 0.15) is 46.0 Å². The Morgan fingerprint density at radius 3 is 2.00 bits per heavy atom. The Morgan fingerprint density at radius 1 is 0.909 bits per heavy atom. The number of rotatable bonds is 7. The average molecular weight is 159 g/mol. The van der Waals surface area contributed by atoms with Crippen LogP contribution in [-0.2, 0) is 0 Å². The fourth-order valence-corrected chi connectivity index (χ4v) is 0.997. The fraction of sp³-hybridized carbons (Fsp3) is 1.00. The normalized spacial score (nSPS) is 10.9. The third-order valence-corrected chi connectivity index (χ3v) is 1.79. The molecule has 0 aliphatic carbocycles. The number of nitrogens with zero attached hydrogens (tertiary/aromatic N) is 1. The molecule has 2 nitrogen and oxygen atoms in total. The van der Waals surface area contributed by atoms with Crippen molar-refractivity contribution in [2.45, 2.75) is 46.0 Å². The summed E-state index contributed by atoms with van der Waals surface area (Å²) in [4.78, 5) is 0. The van der Waals surface area contributed by atoms with Gasteiger partial charge in [0, 0.05) is 13.1 Å². The topological polar surface area (TPSA) is 23.5 Å². The molecule has 0 amide bonds. The van der Waals surface area contributed by atoms with Gasteiger partial charge in [-0.1, -0.05) is 33.1 Å². The molecule has 1 N–H and O–H groups in total. The van der Waals surface area contributed by atoms with E-state index in [1.54, 1.807) is 0 Å². The van der Waals surface area contributed by atoms with Gasteiger partial charge in [0.05, 0.1) is 0 Å². The molecule has 11 heavy (non-hydrogen) atoms. The zero-order valence-corrected chi connectivity index (χ0v) is 7.84. The minimum Gasteiger partial charge on any atom is -0.314 e. The van der Waals surface area contributed by atoms with Crippen LogP contribution in [0.2, 0.25) is 0 Å². The van der Waals surface area contributed by atoms with E-state index in [0.717, 1.165) is 32.4 Å². The molecule has 0 aliphatic heterocycles. The maximum absolute atomic E-state index is 9.24. The third-order valence-electron chi connectivity index (χ3n) is 1.79. The summed E-state index contributed by atoms with van der Waals surface area (Å²) in [6.07, 6.45) is 5.83. The maximum Gasteiger partial charge on any atom is 0.0238 e. The van der Waals surface area contributed by atoms with E-state index in [1.165, 1.54) is 17.9 Å². The molecule has 0 fully saturated rings. The molecule has 0 saturated heterocycles. The van der Waals surface area contributed by atoms with Crippen LogP contribution in [0.4, 0.5) is 0 Å². The summed E-state index contributed by atoms with van der Waals surface area (Å²) in [5.41, 5.74) is 0. The van der Waals surface area contributed by atoms with Crippen LogP contribution in [0.15, 0.2) is 0 Å². The molecule has 0 radical (unpaired) electrons. The fourth-order valence-electron chi connectivity index (χ4n) is 0.997. The van der Waals surface area contributed by atoms with Gasteiger partial charge in [0.15, 0.2) is 0 Å². The molecule has 68 valence electrons. The predicted octanol–water partition coefficient (Wildman–Crippen LogP) is 2.67. The van der Waals surface area contributed by atoms with Crippen molar-refractivity contribution in [1.29, 1.82) is 0 Å². The maximum atomic E-state index is 9.24. The Kier molecular flexibility index (Phi) is 7.96. The van der Waals surface area contributed by atoms with E-state index in [2.05, 4.69) is 13.8 Å². The molecule has 0 aromatic heterocycles. The Balaban J connectivity index is 3.02. The molecule has 0 atom stereocenters. The predicted molar refractivity (Wildman–Crippen MR) is 47.8 cm³/mol. The Hall–Kier alpha value is -0.0800. The van der Waals surface area contributed by atoms with Gasteiger partial charge < -0.3 is 5.21 Å². The van der Waals surface area contributed by atoms with Crippen LogP contribution in [0, 0.1) is 0 Å². The first-order valence-electron chi connectivity index (χ1n) is 4.75. The van der Waals surface area contributed by atoms with Crippen molar-refractivity contribution < 1.29 is 5.21 Å². The van der Waals surface area contributed by atoms with Crippen molar-refractivity contribution in [2.75, 3.05) is 13.1 Å². The zero-order chi connectivity index (χ0) is 8.53. The second-order valence-electron chi connectivity index (χ2n) is 3.01. The molecule has 0 saturated carbocycles. The highest BCUT2D eigenvalue weighted by molar-refractivity contribution is 4.46. The zero-order valence-electron chi connectivity index (χ0n) is 7.84. The molecule has 0 bridgehead atoms. The Bertz CT molecular complexity index is 76.0. The highest BCUT2D eigenvalue weighted by Gasteiger charge is 1.97. The van der Waals surface area contributed by atoms with E-state index in [4.69, 9.17) is 0 Å². The van der Waals surface area contributed by atoms with Crippen molar-refractivity contribution in [1.82, 2.24) is 5.06 Å². The van der Waals surface area contributed by atoms with Gasteiger partial charge >= 0.3 is 0 Å². The van der Waals surface area contributed by atoms with E-state index >= 15 is 0 Å². The van der Waals surface area contributed by atoms with Crippen LogP contribution in [0.3, 0.4) is 0 Å². The van der Waals surface area contributed by atoms with Gasteiger partial charge in [0.1, 0.15) is 0 Å². The molecule has 0 spiro atoms. The summed E-state index contributed by atoms with van der Waals surface area (Å²) < 4.78 is 0. The summed E-state index contributed by atoms with van der Waals surface area (Å²) in [6, 6.07) is 0. The quantitative estimate of drug-likeness (QED) is 0.456. The molecular formula is C9H21NO. The average Bonchev–Trinajstić information content (AvgIpc) is 2.01. The van der Waals surface area contributed by atoms with Crippen LogP contribution in [0.25, 0.3) is 0 Å². The van der Waals surface area contributed by atoms with Gasteiger partial charge in [-0.05, 0) is 12.8 Å². The summed E-state index contributed by atoms with van der Waals surface area (Å²) in [6.45, 7) is 5.99. The summed E-state index contributed by atoms with van der Waals surface area (Å²) in [5.74, 6) is 0. The van der Waals surface area contributed by atoms with E-state index < -0.39 is 0 Å². The molecular weight excluding hydrogens is 138 g/mol. The SMILES string of the molecule is CCCCCN(O)CCCC. The van der Waals surface area contributed by atoms with Crippen LogP contribution in [-0.4, -0.2) is 23.4 Å². The van der Waals surface area contributed by atoms with E-state index in [1.807, 2.05) is 0 Å². The van der Waals surface area contributed by atoms with Gasteiger partial charge in [-0.2, -0.15) is 5.06 Å². The molecule has 0 aliphatic rings. The molecule has 0 unspecified atom stereocenters. The van der Waals surface area contributed by atoms with Gasteiger partial charge in [-0.25, -0.2) is 0 Å². The van der Waals surface area contributed by atoms with Crippen molar-refractivity contribution >= 4 is 0 Å². The monoisotopic (exact) mass is 159 g/mol. The lowest BCUT2D eigenvalue weighted by atomic mass is 10.2.